The highest BCUT2D eigenvalue weighted by Gasteiger charge is 2.56. The van der Waals surface area contributed by atoms with E-state index in [2.05, 4.69) is 0 Å². The first-order chi connectivity index (χ1) is 12.1. The summed E-state index contributed by atoms with van der Waals surface area (Å²) in [5.41, 5.74) is 0.543. The largest absolute Gasteiger partial charge is 0.481 e. The predicted octanol–water partition coefficient (Wildman–Crippen LogP) is 1.35. The van der Waals surface area contributed by atoms with Crippen molar-refractivity contribution in [3.63, 3.8) is 0 Å². The maximum atomic E-state index is 13.9. The van der Waals surface area contributed by atoms with Crippen LogP contribution in [-0.4, -0.2) is 60.3 Å². The Morgan fingerprint density at radius 2 is 1.68 bits per heavy atom. The Hall–Kier alpha value is -2.15. The fourth-order valence-electron chi connectivity index (χ4n) is 4.39. The zero-order chi connectivity index (χ0) is 17.6. The van der Waals surface area contributed by atoms with Crippen LogP contribution in [0.4, 0.5) is 10.1 Å². The quantitative estimate of drug-likeness (QED) is 0.893. The van der Waals surface area contributed by atoms with Crippen LogP contribution in [-0.2, 0) is 14.3 Å². The van der Waals surface area contributed by atoms with Crippen molar-refractivity contribution in [3.8, 4) is 0 Å². The monoisotopic (exact) mass is 348 g/mol. The van der Waals surface area contributed by atoms with Crippen LogP contribution >= 0.6 is 0 Å². The zero-order valence-corrected chi connectivity index (χ0v) is 13.8. The normalized spacial score (nSPS) is 31.4. The van der Waals surface area contributed by atoms with Gasteiger partial charge in [-0.25, -0.2) is 4.39 Å². The number of hydrogen-bond acceptors (Lipinski definition) is 4. The first-order valence-electron chi connectivity index (χ1n) is 8.73. The van der Waals surface area contributed by atoms with Gasteiger partial charge in [0.25, 0.3) is 0 Å². The number of benzene rings is 1. The molecule has 134 valence electrons. The molecule has 0 spiro atoms. The maximum absolute atomic E-state index is 13.9. The molecule has 3 aliphatic heterocycles. The van der Waals surface area contributed by atoms with E-state index in [1.165, 1.54) is 6.07 Å². The Balaban J connectivity index is 1.43. The lowest BCUT2D eigenvalue weighted by Gasteiger charge is -2.38. The summed E-state index contributed by atoms with van der Waals surface area (Å²) < 4.78 is 19.6. The van der Waals surface area contributed by atoms with E-state index < -0.39 is 17.8 Å². The van der Waals surface area contributed by atoms with Gasteiger partial charge in [0.05, 0.1) is 29.7 Å². The summed E-state index contributed by atoms with van der Waals surface area (Å²) in [6.45, 7) is 2.00. The van der Waals surface area contributed by atoms with E-state index in [9.17, 15) is 19.1 Å². The second-order valence-corrected chi connectivity index (χ2v) is 6.94. The van der Waals surface area contributed by atoms with Crippen LogP contribution < -0.4 is 4.90 Å². The number of para-hydroxylation sites is 1. The molecule has 3 saturated heterocycles. The molecule has 4 atom stereocenters. The van der Waals surface area contributed by atoms with Gasteiger partial charge in [-0.1, -0.05) is 12.1 Å². The highest BCUT2D eigenvalue weighted by Crippen LogP contribution is 2.44. The standard InChI is InChI=1S/C18H21FN2O4/c19-11-3-1-2-4-12(11)20-7-9-21(10-8-20)17(22)15-13-5-6-14(25-13)16(15)18(23)24/h1-4,13-16H,5-10H2,(H,23,24)/t13-,14-,15-,16+/m1/s1. The van der Waals surface area contributed by atoms with Crippen LogP contribution in [0.1, 0.15) is 12.8 Å². The van der Waals surface area contributed by atoms with Crippen molar-refractivity contribution < 1.29 is 23.8 Å². The minimum atomic E-state index is -0.949. The molecule has 4 rings (SSSR count). The van der Waals surface area contributed by atoms with Gasteiger partial charge in [-0.15, -0.1) is 0 Å². The van der Waals surface area contributed by atoms with Crippen molar-refractivity contribution in [2.24, 2.45) is 11.8 Å². The number of rotatable bonds is 3. The molecule has 1 aromatic carbocycles. The van der Waals surface area contributed by atoms with E-state index in [4.69, 9.17) is 4.74 Å². The molecule has 6 nitrogen and oxygen atoms in total. The van der Waals surface area contributed by atoms with Crippen molar-refractivity contribution >= 4 is 17.6 Å². The van der Waals surface area contributed by atoms with E-state index >= 15 is 0 Å². The molecule has 7 heteroatoms. The van der Waals surface area contributed by atoms with Crippen LogP contribution in [0.25, 0.3) is 0 Å². The van der Waals surface area contributed by atoms with E-state index in [1.54, 1.807) is 23.1 Å². The summed E-state index contributed by atoms with van der Waals surface area (Å²) >= 11 is 0. The molecule has 3 fully saturated rings. The van der Waals surface area contributed by atoms with Gasteiger partial charge >= 0.3 is 5.97 Å². The second-order valence-electron chi connectivity index (χ2n) is 6.94. The summed E-state index contributed by atoms with van der Waals surface area (Å²) in [5, 5.41) is 9.47. The number of piperazine rings is 1. The molecule has 1 amide bonds. The Kier molecular flexibility index (Phi) is 4.11. The van der Waals surface area contributed by atoms with Gasteiger partial charge in [0.15, 0.2) is 0 Å². The maximum Gasteiger partial charge on any atom is 0.310 e. The smallest absolute Gasteiger partial charge is 0.310 e. The van der Waals surface area contributed by atoms with Crippen LogP contribution in [0.2, 0.25) is 0 Å². The predicted molar refractivity (Wildman–Crippen MR) is 87.7 cm³/mol. The van der Waals surface area contributed by atoms with Crippen molar-refractivity contribution in [2.75, 3.05) is 31.1 Å². The number of nitrogens with zero attached hydrogens (tertiary/aromatic N) is 2. The van der Waals surface area contributed by atoms with Gasteiger partial charge < -0.3 is 19.6 Å². The fraction of sp³-hybridized carbons (Fsp3) is 0.556. The number of halogens is 1. The summed E-state index contributed by atoms with van der Waals surface area (Å²) in [5.74, 6) is -2.68. The molecular weight excluding hydrogens is 327 g/mol. The van der Waals surface area contributed by atoms with Crippen LogP contribution in [0.3, 0.4) is 0 Å². The number of carbonyl (C=O) groups excluding carboxylic acids is 1. The molecule has 1 aromatic rings. The molecule has 25 heavy (non-hydrogen) atoms. The zero-order valence-electron chi connectivity index (χ0n) is 13.8. The molecule has 0 aliphatic carbocycles. The number of ether oxygens (including phenoxy) is 1. The van der Waals surface area contributed by atoms with Gasteiger partial charge in [-0.05, 0) is 25.0 Å². The first kappa shape index (κ1) is 16.3. The third kappa shape index (κ3) is 2.76. The first-order valence-corrected chi connectivity index (χ1v) is 8.73. The van der Waals surface area contributed by atoms with Gasteiger partial charge in [-0.3, -0.25) is 9.59 Å². The van der Waals surface area contributed by atoms with Crippen molar-refractivity contribution in [1.82, 2.24) is 4.90 Å². The number of carbonyl (C=O) groups is 2. The Labute approximate surface area is 145 Å². The fourth-order valence-corrected chi connectivity index (χ4v) is 4.39. The highest BCUT2D eigenvalue weighted by molar-refractivity contribution is 5.86. The second kappa shape index (κ2) is 6.29. The van der Waals surface area contributed by atoms with Gasteiger partial charge in [0.1, 0.15) is 5.82 Å². The van der Waals surface area contributed by atoms with E-state index in [1.807, 2.05) is 4.90 Å². The lowest BCUT2D eigenvalue weighted by atomic mass is 9.78. The van der Waals surface area contributed by atoms with Crippen LogP contribution in [0.5, 0.6) is 0 Å². The van der Waals surface area contributed by atoms with Gasteiger partial charge in [0.2, 0.25) is 5.91 Å². The number of aliphatic carboxylic acids is 1. The van der Waals surface area contributed by atoms with Crippen LogP contribution in [0.15, 0.2) is 24.3 Å². The molecule has 1 N–H and O–H groups in total. The summed E-state index contributed by atoms with van der Waals surface area (Å²) in [4.78, 5) is 28.1. The molecule has 0 radical (unpaired) electrons. The van der Waals surface area contributed by atoms with Crippen molar-refractivity contribution in [3.05, 3.63) is 30.1 Å². The number of anilines is 1. The molecule has 3 aliphatic rings. The average molecular weight is 348 g/mol. The molecule has 0 saturated carbocycles. The molecule has 0 unspecified atom stereocenters. The average Bonchev–Trinajstić information content (AvgIpc) is 3.23. The van der Waals surface area contributed by atoms with Gasteiger partial charge in [0, 0.05) is 26.2 Å². The minimum absolute atomic E-state index is 0.132. The Bertz CT molecular complexity index is 689. The lowest BCUT2D eigenvalue weighted by molar-refractivity contribution is -0.151. The molecule has 2 bridgehead atoms. The molecule has 3 heterocycles. The van der Waals surface area contributed by atoms with E-state index in [0.29, 0.717) is 38.3 Å². The molecule has 0 aromatic heterocycles. The Morgan fingerprint density at radius 3 is 2.32 bits per heavy atom. The summed E-state index contributed by atoms with van der Waals surface area (Å²) in [6, 6.07) is 6.60. The third-order valence-electron chi connectivity index (χ3n) is 5.63. The third-order valence-corrected chi connectivity index (χ3v) is 5.63. The highest BCUT2D eigenvalue weighted by atomic mass is 19.1. The number of carboxylic acids is 1. The number of fused-ring (bicyclic) bond motifs is 2. The van der Waals surface area contributed by atoms with Gasteiger partial charge in [-0.2, -0.15) is 0 Å². The van der Waals surface area contributed by atoms with E-state index in [0.717, 1.165) is 6.42 Å². The number of amides is 1. The van der Waals surface area contributed by atoms with E-state index in [-0.39, 0.29) is 23.9 Å². The number of hydrogen-bond donors (Lipinski definition) is 1. The van der Waals surface area contributed by atoms with Crippen molar-refractivity contribution in [2.45, 2.75) is 25.0 Å². The SMILES string of the molecule is O=C(O)[C@@H]1[C@H](C(=O)N2CCN(c3ccccc3F)CC2)[C@H]2CC[C@H]1O2. The van der Waals surface area contributed by atoms with Crippen molar-refractivity contribution in [1.29, 1.82) is 0 Å². The lowest BCUT2D eigenvalue weighted by Crippen LogP contribution is -2.53. The van der Waals surface area contributed by atoms with Crippen LogP contribution in [0, 0.1) is 17.7 Å². The topological polar surface area (TPSA) is 70.1 Å². The number of carboxylic acid groups (broad SMARTS) is 1. The summed E-state index contributed by atoms with van der Waals surface area (Å²) in [7, 11) is 0. The Morgan fingerprint density at radius 1 is 1.04 bits per heavy atom. The minimum Gasteiger partial charge on any atom is -0.481 e. The molecular formula is C18H21FN2O4. The summed E-state index contributed by atoms with van der Waals surface area (Å²) in [6.07, 6.45) is 0.853.